The van der Waals surface area contributed by atoms with E-state index in [2.05, 4.69) is 35.0 Å². The maximum Gasteiger partial charge on any atom is 0.0346 e. The molecule has 3 heteroatoms. The summed E-state index contributed by atoms with van der Waals surface area (Å²) in [6, 6.07) is 8.54. The Bertz CT molecular complexity index is 450. The van der Waals surface area contributed by atoms with Gasteiger partial charge < -0.3 is 5.32 Å². The number of hydrogen-bond acceptors (Lipinski definition) is 2. The zero-order valence-corrected chi connectivity index (χ0v) is 10.9. The standard InChI is InChI=1S/C13H16ClNS/c1-10(14)6-7-15-8-11-9-16-13-5-3-2-4-12(11)13/h2-5,9-10,15H,6-8H2,1H3. The highest BCUT2D eigenvalue weighted by molar-refractivity contribution is 7.17. The predicted octanol–water partition coefficient (Wildman–Crippen LogP) is 4.01. The third kappa shape index (κ3) is 2.97. The fourth-order valence-electron chi connectivity index (χ4n) is 1.69. The zero-order valence-electron chi connectivity index (χ0n) is 9.37. The molecule has 16 heavy (non-hydrogen) atoms. The summed E-state index contributed by atoms with van der Waals surface area (Å²) in [5.41, 5.74) is 1.39. The van der Waals surface area contributed by atoms with Crippen LogP contribution in [0.5, 0.6) is 0 Å². The van der Waals surface area contributed by atoms with E-state index in [4.69, 9.17) is 11.6 Å². The van der Waals surface area contributed by atoms with Crippen LogP contribution in [0.1, 0.15) is 18.9 Å². The molecule has 0 amide bonds. The quantitative estimate of drug-likeness (QED) is 0.627. The Morgan fingerprint density at radius 1 is 1.38 bits per heavy atom. The van der Waals surface area contributed by atoms with Gasteiger partial charge in [0.1, 0.15) is 0 Å². The maximum atomic E-state index is 5.90. The average molecular weight is 254 g/mol. The molecule has 0 spiro atoms. The first kappa shape index (κ1) is 11.9. The van der Waals surface area contributed by atoms with Crippen molar-refractivity contribution >= 4 is 33.0 Å². The minimum atomic E-state index is 0.256. The Morgan fingerprint density at radius 3 is 3.00 bits per heavy atom. The summed E-state index contributed by atoms with van der Waals surface area (Å²) in [5.74, 6) is 0. The number of thiophene rings is 1. The van der Waals surface area contributed by atoms with Gasteiger partial charge in [0.15, 0.2) is 0 Å². The second-order valence-corrected chi connectivity index (χ2v) is 5.66. The highest BCUT2D eigenvalue weighted by Crippen LogP contribution is 2.25. The summed E-state index contributed by atoms with van der Waals surface area (Å²) in [7, 11) is 0. The van der Waals surface area contributed by atoms with E-state index in [9.17, 15) is 0 Å². The van der Waals surface area contributed by atoms with E-state index in [1.807, 2.05) is 18.3 Å². The SMILES string of the molecule is CC(Cl)CCNCc1csc2ccccc12. The van der Waals surface area contributed by atoms with Gasteiger partial charge in [0.25, 0.3) is 0 Å². The summed E-state index contributed by atoms with van der Waals surface area (Å²) in [6.07, 6.45) is 1.02. The van der Waals surface area contributed by atoms with Gasteiger partial charge in [-0.3, -0.25) is 0 Å². The molecule has 0 bridgehead atoms. The molecule has 1 nitrogen and oxygen atoms in total. The number of hydrogen-bond donors (Lipinski definition) is 1. The second kappa shape index (κ2) is 5.67. The molecule has 0 radical (unpaired) electrons. The van der Waals surface area contributed by atoms with Gasteiger partial charge in [-0.25, -0.2) is 0 Å². The van der Waals surface area contributed by atoms with E-state index in [-0.39, 0.29) is 5.38 Å². The highest BCUT2D eigenvalue weighted by Gasteiger charge is 2.02. The van der Waals surface area contributed by atoms with Gasteiger partial charge in [0, 0.05) is 16.6 Å². The third-order valence-electron chi connectivity index (χ3n) is 2.60. The van der Waals surface area contributed by atoms with Crippen LogP contribution >= 0.6 is 22.9 Å². The molecule has 0 aliphatic rings. The van der Waals surface area contributed by atoms with E-state index in [0.717, 1.165) is 19.5 Å². The molecule has 0 fully saturated rings. The first-order chi connectivity index (χ1) is 7.77. The number of rotatable bonds is 5. The van der Waals surface area contributed by atoms with Gasteiger partial charge in [0.05, 0.1) is 0 Å². The van der Waals surface area contributed by atoms with E-state index in [1.54, 1.807) is 0 Å². The molecule has 0 saturated carbocycles. The van der Waals surface area contributed by atoms with Crippen LogP contribution in [0.3, 0.4) is 0 Å². The van der Waals surface area contributed by atoms with E-state index in [0.29, 0.717) is 0 Å². The van der Waals surface area contributed by atoms with Crippen molar-refractivity contribution in [1.82, 2.24) is 5.32 Å². The minimum Gasteiger partial charge on any atom is -0.313 e. The predicted molar refractivity (Wildman–Crippen MR) is 73.5 cm³/mol. The van der Waals surface area contributed by atoms with Crippen molar-refractivity contribution in [2.45, 2.75) is 25.3 Å². The summed E-state index contributed by atoms with van der Waals surface area (Å²) in [4.78, 5) is 0. The Morgan fingerprint density at radius 2 is 2.19 bits per heavy atom. The van der Waals surface area contributed by atoms with Crippen LogP contribution in [0, 0.1) is 0 Å². The number of nitrogens with one attached hydrogen (secondary N) is 1. The minimum absolute atomic E-state index is 0.256. The average Bonchev–Trinajstić information content (AvgIpc) is 2.68. The topological polar surface area (TPSA) is 12.0 Å². The second-order valence-electron chi connectivity index (χ2n) is 4.00. The van der Waals surface area contributed by atoms with Crippen LogP contribution in [0.2, 0.25) is 0 Å². The van der Waals surface area contributed by atoms with Crippen molar-refractivity contribution in [1.29, 1.82) is 0 Å². The zero-order chi connectivity index (χ0) is 11.4. The van der Waals surface area contributed by atoms with E-state index in [1.165, 1.54) is 15.6 Å². The first-order valence-electron chi connectivity index (χ1n) is 5.57. The Hall–Kier alpha value is -0.570. The lowest BCUT2D eigenvalue weighted by atomic mass is 10.2. The molecule has 1 atom stereocenters. The smallest absolute Gasteiger partial charge is 0.0346 e. The molecular weight excluding hydrogens is 238 g/mol. The van der Waals surface area contributed by atoms with E-state index < -0.39 is 0 Å². The third-order valence-corrected chi connectivity index (χ3v) is 3.83. The number of alkyl halides is 1. The Balaban J connectivity index is 1.94. The largest absolute Gasteiger partial charge is 0.313 e. The first-order valence-corrected chi connectivity index (χ1v) is 6.89. The summed E-state index contributed by atoms with van der Waals surface area (Å²) >= 11 is 7.71. The van der Waals surface area contributed by atoms with Crippen molar-refractivity contribution in [2.24, 2.45) is 0 Å². The lowest BCUT2D eigenvalue weighted by molar-refractivity contribution is 0.647. The summed E-state index contributed by atoms with van der Waals surface area (Å²) in [6.45, 7) is 3.95. The summed E-state index contributed by atoms with van der Waals surface area (Å²) < 4.78 is 1.37. The van der Waals surface area contributed by atoms with Crippen molar-refractivity contribution in [2.75, 3.05) is 6.54 Å². The van der Waals surface area contributed by atoms with Gasteiger partial charge in [-0.15, -0.1) is 22.9 Å². The van der Waals surface area contributed by atoms with Crippen LogP contribution in [0.25, 0.3) is 10.1 Å². The van der Waals surface area contributed by atoms with Crippen molar-refractivity contribution in [3.63, 3.8) is 0 Å². The van der Waals surface area contributed by atoms with Crippen molar-refractivity contribution in [3.8, 4) is 0 Å². The normalized spacial score (nSPS) is 13.1. The maximum absolute atomic E-state index is 5.90. The lowest BCUT2D eigenvalue weighted by Crippen LogP contribution is -2.16. The van der Waals surface area contributed by atoms with Crippen LogP contribution in [-0.4, -0.2) is 11.9 Å². The fraction of sp³-hybridized carbons (Fsp3) is 0.385. The molecule has 1 N–H and O–H groups in total. The van der Waals surface area contributed by atoms with Crippen LogP contribution in [0.4, 0.5) is 0 Å². The lowest BCUT2D eigenvalue weighted by Gasteiger charge is -2.05. The number of benzene rings is 1. The highest BCUT2D eigenvalue weighted by atomic mass is 35.5. The van der Waals surface area contributed by atoms with Crippen LogP contribution in [0.15, 0.2) is 29.6 Å². The number of halogens is 1. The van der Waals surface area contributed by atoms with Gasteiger partial charge in [-0.1, -0.05) is 18.2 Å². The molecule has 86 valence electrons. The van der Waals surface area contributed by atoms with Gasteiger partial charge >= 0.3 is 0 Å². The van der Waals surface area contributed by atoms with E-state index >= 15 is 0 Å². The Labute approximate surface area is 105 Å². The van der Waals surface area contributed by atoms with Crippen LogP contribution in [-0.2, 0) is 6.54 Å². The Kier molecular flexibility index (Phi) is 4.22. The molecule has 1 heterocycles. The van der Waals surface area contributed by atoms with Gasteiger partial charge in [-0.2, -0.15) is 0 Å². The van der Waals surface area contributed by atoms with Crippen LogP contribution < -0.4 is 5.32 Å². The molecule has 0 aliphatic heterocycles. The molecule has 1 aromatic heterocycles. The number of fused-ring (bicyclic) bond motifs is 1. The van der Waals surface area contributed by atoms with Crippen molar-refractivity contribution in [3.05, 3.63) is 35.2 Å². The molecule has 2 rings (SSSR count). The molecule has 1 aromatic carbocycles. The monoisotopic (exact) mass is 253 g/mol. The van der Waals surface area contributed by atoms with Gasteiger partial charge in [0.2, 0.25) is 0 Å². The molecule has 2 aromatic rings. The molecule has 0 aliphatic carbocycles. The van der Waals surface area contributed by atoms with Gasteiger partial charge in [-0.05, 0) is 42.3 Å². The fourth-order valence-corrected chi connectivity index (χ4v) is 2.77. The van der Waals surface area contributed by atoms with Crippen molar-refractivity contribution < 1.29 is 0 Å². The summed E-state index contributed by atoms with van der Waals surface area (Å²) in [5, 5.41) is 7.30. The molecule has 0 saturated heterocycles. The molecular formula is C13H16ClNS. The molecule has 1 unspecified atom stereocenters.